The van der Waals surface area contributed by atoms with E-state index in [0.717, 1.165) is 34.6 Å². The quantitative estimate of drug-likeness (QED) is 0.871. The molecule has 0 unspecified atom stereocenters. The van der Waals surface area contributed by atoms with E-state index in [1.165, 1.54) is 5.56 Å². The number of pyridine rings is 1. The van der Waals surface area contributed by atoms with E-state index in [9.17, 15) is 0 Å². The summed E-state index contributed by atoms with van der Waals surface area (Å²) < 4.78 is 12.4. The molecule has 0 saturated carbocycles. The lowest BCUT2D eigenvalue weighted by Crippen LogP contribution is -1.99. The standard InChI is InChI=1S/C14H12BrNO2/c15-12-6-10-3-5-17-14(10)11(7-12)9-18-13-2-1-4-16-8-13/h1-2,4,6-8H,3,5,9H2. The number of aromatic nitrogens is 1. The number of ether oxygens (including phenoxy) is 2. The molecule has 1 aromatic carbocycles. The van der Waals surface area contributed by atoms with Crippen LogP contribution in [0.2, 0.25) is 0 Å². The third-order valence-corrected chi connectivity index (χ3v) is 3.31. The SMILES string of the molecule is Brc1cc2c(c(COc3cccnc3)c1)OCC2. The molecule has 0 atom stereocenters. The van der Waals surface area contributed by atoms with Gasteiger partial charge >= 0.3 is 0 Å². The van der Waals surface area contributed by atoms with Gasteiger partial charge in [0.1, 0.15) is 18.1 Å². The van der Waals surface area contributed by atoms with Gasteiger partial charge in [-0.3, -0.25) is 4.98 Å². The van der Waals surface area contributed by atoms with Crippen molar-refractivity contribution in [2.45, 2.75) is 13.0 Å². The molecule has 2 heterocycles. The second kappa shape index (κ2) is 4.98. The minimum atomic E-state index is 0.494. The van der Waals surface area contributed by atoms with Crippen LogP contribution in [0.3, 0.4) is 0 Å². The minimum absolute atomic E-state index is 0.494. The predicted octanol–water partition coefficient (Wildman–Crippen LogP) is 3.36. The van der Waals surface area contributed by atoms with Gasteiger partial charge < -0.3 is 9.47 Å². The number of hydrogen-bond donors (Lipinski definition) is 0. The van der Waals surface area contributed by atoms with Gasteiger partial charge in [-0.1, -0.05) is 15.9 Å². The van der Waals surface area contributed by atoms with Crippen molar-refractivity contribution in [2.75, 3.05) is 6.61 Å². The van der Waals surface area contributed by atoms with Crippen LogP contribution in [-0.2, 0) is 13.0 Å². The van der Waals surface area contributed by atoms with Crippen molar-refractivity contribution in [2.24, 2.45) is 0 Å². The molecule has 4 heteroatoms. The molecule has 0 radical (unpaired) electrons. The van der Waals surface area contributed by atoms with Gasteiger partial charge in [-0.2, -0.15) is 0 Å². The summed E-state index contributed by atoms with van der Waals surface area (Å²) in [7, 11) is 0. The summed E-state index contributed by atoms with van der Waals surface area (Å²) in [5.74, 6) is 1.74. The lowest BCUT2D eigenvalue weighted by molar-refractivity contribution is 0.291. The Balaban J connectivity index is 1.81. The maximum atomic E-state index is 5.71. The minimum Gasteiger partial charge on any atom is -0.493 e. The van der Waals surface area contributed by atoms with Crippen LogP contribution in [-0.4, -0.2) is 11.6 Å². The first-order chi connectivity index (χ1) is 8.83. The summed E-state index contributed by atoms with van der Waals surface area (Å²) >= 11 is 3.52. The molecular weight excluding hydrogens is 294 g/mol. The van der Waals surface area contributed by atoms with Crippen LogP contribution in [0.5, 0.6) is 11.5 Å². The molecule has 0 fully saturated rings. The van der Waals surface area contributed by atoms with Crippen LogP contribution < -0.4 is 9.47 Å². The second-order valence-electron chi connectivity index (χ2n) is 4.13. The number of rotatable bonds is 3. The van der Waals surface area contributed by atoms with Gasteiger partial charge in [0.05, 0.1) is 12.8 Å². The van der Waals surface area contributed by atoms with Gasteiger partial charge in [0, 0.05) is 22.7 Å². The van der Waals surface area contributed by atoms with Crippen LogP contribution in [0.25, 0.3) is 0 Å². The van der Waals surface area contributed by atoms with E-state index in [1.54, 1.807) is 12.4 Å². The van der Waals surface area contributed by atoms with E-state index in [4.69, 9.17) is 9.47 Å². The fraction of sp³-hybridized carbons (Fsp3) is 0.214. The van der Waals surface area contributed by atoms with E-state index in [-0.39, 0.29) is 0 Å². The molecule has 3 nitrogen and oxygen atoms in total. The summed E-state index contributed by atoms with van der Waals surface area (Å²) in [6, 6.07) is 7.90. The van der Waals surface area contributed by atoms with Crippen molar-refractivity contribution in [1.29, 1.82) is 0 Å². The Morgan fingerprint density at radius 1 is 1.39 bits per heavy atom. The zero-order valence-electron chi connectivity index (χ0n) is 9.73. The molecule has 18 heavy (non-hydrogen) atoms. The van der Waals surface area contributed by atoms with Crippen molar-refractivity contribution in [3.05, 3.63) is 52.3 Å². The van der Waals surface area contributed by atoms with Crippen LogP contribution in [0.4, 0.5) is 0 Å². The lowest BCUT2D eigenvalue weighted by atomic mass is 10.1. The molecular formula is C14H12BrNO2. The van der Waals surface area contributed by atoms with E-state index in [1.807, 2.05) is 18.2 Å². The van der Waals surface area contributed by atoms with Crippen molar-refractivity contribution < 1.29 is 9.47 Å². The third-order valence-electron chi connectivity index (χ3n) is 2.85. The molecule has 92 valence electrons. The maximum absolute atomic E-state index is 5.71. The van der Waals surface area contributed by atoms with E-state index >= 15 is 0 Å². The molecule has 0 N–H and O–H groups in total. The summed E-state index contributed by atoms with van der Waals surface area (Å²) in [5, 5.41) is 0. The summed E-state index contributed by atoms with van der Waals surface area (Å²) in [5.41, 5.74) is 2.31. The lowest BCUT2D eigenvalue weighted by Gasteiger charge is -2.10. The molecule has 1 aliphatic heterocycles. The van der Waals surface area contributed by atoms with E-state index in [0.29, 0.717) is 6.61 Å². The van der Waals surface area contributed by atoms with Crippen LogP contribution in [0.1, 0.15) is 11.1 Å². The second-order valence-corrected chi connectivity index (χ2v) is 5.04. The van der Waals surface area contributed by atoms with Crippen LogP contribution >= 0.6 is 15.9 Å². The molecule has 0 aliphatic carbocycles. The predicted molar refractivity (Wildman–Crippen MR) is 71.9 cm³/mol. The number of fused-ring (bicyclic) bond motifs is 1. The van der Waals surface area contributed by atoms with Crippen molar-refractivity contribution in [3.63, 3.8) is 0 Å². The molecule has 1 aromatic heterocycles. The zero-order valence-corrected chi connectivity index (χ0v) is 11.3. The molecule has 0 spiro atoms. The monoisotopic (exact) mass is 305 g/mol. The molecule has 1 aliphatic rings. The molecule has 0 saturated heterocycles. The first-order valence-electron chi connectivity index (χ1n) is 5.80. The summed E-state index contributed by atoms with van der Waals surface area (Å²) in [6.07, 6.45) is 4.40. The summed E-state index contributed by atoms with van der Waals surface area (Å²) in [4.78, 5) is 4.02. The van der Waals surface area contributed by atoms with Gasteiger partial charge in [-0.25, -0.2) is 0 Å². The number of benzene rings is 1. The highest BCUT2D eigenvalue weighted by atomic mass is 79.9. The fourth-order valence-electron chi connectivity index (χ4n) is 2.05. The van der Waals surface area contributed by atoms with Gasteiger partial charge in [0.25, 0.3) is 0 Å². The average Bonchev–Trinajstić information content (AvgIpc) is 2.85. The number of halogens is 1. The van der Waals surface area contributed by atoms with E-state index in [2.05, 4.69) is 27.0 Å². The summed E-state index contributed by atoms with van der Waals surface area (Å²) in [6.45, 7) is 1.25. The Morgan fingerprint density at radius 2 is 2.33 bits per heavy atom. The maximum Gasteiger partial charge on any atom is 0.138 e. The normalized spacial score (nSPS) is 12.9. The first-order valence-corrected chi connectivity index (χ1v) is 6.59. The van der Waals surface area contributed by atoms with Crippen molar-refractivity contribution in [1.82, 2.24) is 4.98 Å². The Bertz CT molecular complexity index is 557. The first kappa shape index (κ1) is 11.5. The Morgan fingerprint density at radius 3 is 3.17 bits per heavy atom. The molecule has 2 aromatic rings. The third kappa shape index (κ3) is 2.34. The van der Waals surface area contributed by atoms with Crippen LogP contribution in [0.15, 0.2) is 41.1 Å². The van der Waals surface area contributed by atoms with E-state index < -0.39 is 0 Å². The van der Waals surface area contributed by atoms with Gasteiger partial charge in [0.15, 0.2) is 0 Å². The van der Waals surface area contributed by atoms with Crippen molar-refractivity contribution in [3.8, 4) is 11.5 Å². The van der Waals surface area contributed by atoms with Gasteiger partial charge in [-0.15, -0.1) is 0 Å². The molecule has 3 rings (SSSR count). The largest absolute Gasteiger partial charge is 0.493 e. The van der Waals surface area contributed by atoms with Crippen molar-refractivity contribution >= 4 is 15.9 Å². The average molecular weight is 306 g/mol. The topological polar surface area (TPSA) is 31.4 Å². The highest BCUT2D eigenvalue weighted by molar-refractivity contribution is 9.10. The highest BCUT2D eigenvalue weighted by Crippen LogP contribution is 2.33. The Kier molecular flexibility index (Phi) is 3.19. The van der Waals surface area contributed by atoms with Gasteiger partial charge in [0.2, 0.25) is 0 Å². The smallest absolute Gasteiger partial charge is 0.138 e. The molecule has 0 bridgehead atoms. The van der Waals surface area contributed by atoms with Crippen LogP contribution in [0, 0.1) is 0 Å². The fourth-order valence-corrected chi connectivity index (χ4v) is 2.60. The Hall–Kier alpha value is -1.55. The zero-order chi connectivity index (χ0) is 12.4. The highest BCUT2D eigenvalue weighted by Gasteiger charge is 2.17. The number of nitrogens with zero attached hydrogens (tertiary/aromatic N) is 1. The Labute approximate surface area is 114 Å². The van der Waals surface area contributed by atoms with Gasteiger partial charge in [-0.05, 0) is 29.8 Å². The number of hydrogen-bond acceptors (Lipinski definition) is 3. The molecule has 0 amide bonds.